The SMILES string of the molecule is CC(C)(C)C(=O)OCOP(OCOC(=O)C(C)(C)C)C(CCCc1cccc(Oc2ccccc2)c1)S(=O)(=O)O. The lowest BCUT2D eigenvalue weighted by atomic mass is 9.98. The van der Waals surface area contributed by atoms with Crippen molar-refractivity contribution < 1.29 is 45.8 Å². The van der Waals surface area contributed by atoms with Crippen molar-refractivity contribution in [3.8, 4) is 11.5 Å². The minimum atomic E-state index is -4.65. The van der Waals surface area contributed by atoms with Crippen LogP contribution in [0.1, 0.15) is 59.9 Å². The third kappa shape index (κ3) is 11.9. The van der Waals surface area contributed by atoms with Gasteiger partial charge in [0, 0.05) is 0 Å². The lowest BCUT2D eigenvalue weighted by Gasteiger charge is -2.25. The third-order valence-corrected chi connectivity index (χ3v) is 9.02. The Morgan fingerprint density at radius 2 is 1.35 bits per heavy atom. The van der Waals surface area contributed by atoms with Gasteiger partial charge in [-0.25, -0.2) is 0 Å². The number of carbonyl (C=O) groups excluding carboxylic acids is 2. The number of esters is 2. The number of rotatable bonds is 14. The van der Waals surface area contributed by atoms with Crippen molar-refractivity contribution >= 4 is 30.4 Å². The number of ether oxygens (including phenoxy) is 3. The fourth-order valence-corrected chi connectivity index (χ4v) is 5.95. The summed E-state index contributed by atoms with van der Waals surface area (Å²) < 4.78 is 61.8. The molecule has 12 heteroatoms. The van der Waals surface area contributed by atoms with E-state index in [4.69, 9.17) is 23.3 Å². The normalized spacial score (nSPS) is 13.1. The van der Waals surface area contributed by atoms with Crippen molar-refractivity contribution in [2.24, 2.45) is 10.8 Å². The van der Waals surface area contributed by atoms with Gasteiger partial charge in [0.2, 0.25) is 0 Å². The van der Waals surface area contributed by atoms with Crippen molar-refractivity contribution in [3.63, 3.8) is 0 Å². The van der Waals surface area contributed by atoms with Crippen molar-refractivity contribution in [2.75, 3.05) is 13.6 Å². The van der Waals surface area contributed by atoms with Crippen molar-refractivity contribution in [2.45, 2.75) is 65.8 Å². The molecule has 0 amide bonds. The highest BCUT2D eigenvalue weighted by Crippen LogP contribution is 2.48. The van der Waals surface area contributed by atoms with Gasteiger partial charge in [0.15, 0.2) is 27.0 Å². The van der Waals surface area contributed by atoms with Gasteiger partial charge in [-0.15, -0.1) is 0 Å². The molecule has 0 spiro atoms. The minimum Gasteiger partial charge on any atom is -0.457 e. The summed E-state index contributed by atoms with van der Waals surface area (Å²) in [5.41, 5.74) is -0.723. The summed E-state index contributed by atoms with van der Waals surface area (Å²) in [5.74, 6) is 0.181. The zero-order valence-electron chi connectivity index (χ0n) is 23.8. The van der Waals surface area contributed by atoms with Crippen LogP contribution < -0.4 is 4.74 Å². The highest BCUT2D eigenvalue weighted by atomic mass is 32.2. The van der Waals surface area contributed by atoms with Crippen LogP contribution in [0.4, 0.5) is 0 Å². The Morgan fingerprint density at radius 3 is 1.85 bits per heavy atom. The van der Waals surface area contributed by atoms with E-state index in [9.17, 15) is 22.6 Å². The first-order valence-electron chi connectivity index (χ1n) is 12.7. The van der Waals surface area contributed by atoms with Crippen molar-refractivity contribution in [1.82, 2.24) is 0 Å². The first-order chi connectivity index (χ1) is 18.6. The molecule has 1 unspecified atom stereocenters. The molecule has 2 aromatic carbocycles. The average Bonchev–Trinajstić information content (AvgIpc) is 2.84. The maximum Gasteiger partial charge on any atom is 0.313 e. The Labute approximate surface area is 238 Å². The number of hydrogen-bond acceptors (Lipinski definition) is 9. The van der Waals surface area contributed by atoms with Crippen molar-refractivity contribution in [1.29, 1.82) is 0 Å². The van der Waals surface area contributed by atoms with Crippen LogP contribution >= 0.6 is 8.38 Å². The summed E-state index contributed by atoms with van der Waals surface area (Å²) in [6.45, 7) is 8.73. The quantitative estimate of drug-likeness (QED) is 0.112. The summed E-state index contributed by atoms with van der Waals surface area (Å²) in [4.78, 5) is 22.8. The van der Waals surface area contributed by atoms with E-state index in [2.05, 4.69) is 0 Å². The molecule has 0 saturated carbocycles. The molecule has 222 valence electrons. The van der Waals surface area contributed by atoms with Gasteiger partial charge in [-0.2, -0.15) is 8.42 Å². The van der Waals surface area contributed by atoms with Gasteiger partial charge in [0.05, 0.1) is 10.8 Å². The van der Waals surface area contributed by atoms with E-state index in [1.165, 1.54) is 0 Å². The monoisotopic (exact) mass is 598 g/mol. The van der Waals surface area contributed by atoms with E-state index < -0.39 is 59.8 Å². The largest absolute Gasteiger partial charge is 0.457 e. The van der Waals surface area contributed by atoms with Gasteiger partial charge < -0.3 is 14.2 Å². The molecule has 0 fully saturated rings. The second kappa shape index (κ2) is 14.9. The lowest BCUT2D eigenvalue weighted by Crippen LogP contribution is -2.27. The predicted octanol–water partition coefficient (Wildman–Crippen LogP) is 6.45. The van der Waals surface area contributed by atoms with Crippen LogP contribution in [0, 0.1) is 10.8 Å². The molecule has 0 aliphatic carbocycles. The molecular formula is C28H39O10PS. The number of benzene rings is 2. The van der Waals surface area contributed by atoms with Crippen LogP contribution in [-0.2, 0) is 44.6 Å². The number of para-hydroxylation sites is 1. The first kappa shape index (κ1) is 33.6. The van der Waals surface area contributed by atoms with Gasteiger partial charge in [-0.3, -0.25) is 23.2 Å². The summed E-state index contributed by atoms with van der Waals surface area (Å²) in [5, 5.41) is 0. The molecule has 40 heavy (non-hydrogen) atoms. The second-order valence-corrected chi connectivity index (χ2v) is 14.7. The van der Waals surface area contributed by atoms with Crippen molar-refractivity contribution in [3.05, 3.63) is 60.2 Å². The van der Waals surface area contributed by atoms with Gasteiger partial charge in [-0.05, 0) is 90.6 Å². The van der Waals surface area contributed by atoms with Crippen LogP contribution in [0.5, 0.6) is 11.5 Å². The summed E-state index contributed by atoms with van der Waals surface area (Å²) in [6.07, 6.45) is 0.780. The summed E-state index contributed by atoms with van der Waals surface area (Å²) in [6, 6.07) is 16.7. The molecule has 1 atom stereocenters. The zero-order valence-corrected chi connectivity index (χ0v) is 25.5. The molecule has 2 rings (SSSR count). The molecule has 0 heterocycles. The first-order valence-corrected chi connectivity index (χ1v) is 15.5. The van der Waals surface area contributed by atoms with Crippen LogP contribution in [-0.4, -0.2) is 43.5 Å². The molecular weight excluding hydrogens is 559 g/mol. The molecule has 0 radical (unpaired) electrons. The summed E-state index contributed by atoms with van der Waals surface area (Å²) >= 11 is 0. The molecule has 0 aliphatic heterocycles. The maximum atomic E-state index is 12.4. The number of aryl methyl sites for hydroxylation is 1. The molecule has 1 N–H and O–H groups in total. The highest BCUT2D eigenvalue weighted by molar-refractivity contribution is 7.93. The smallest absolute Gasteiger partial charge is 0.313 e. The van der Waals surface area contributed by atoms with Crippen LogP contribution in [0.2, 0.25) is 0 Å². The van der Waals surface area contributed by atoms with E-state index in [1.54, 1.807) is 41.5 Å². The molecule has 0 aromatic heterocycles. The minimum absolute atomic E-state index is 0.0330. The Morgan fingerprint density at radius 1 is 0.825 bits per heavy atom. The molecule has 0 aliphatic rings. The van der Waals surface area contributed by atoms with Crippen LogP contribution in [0.25, 0.3) is 0 Å². The fraction of sp³-hybridized carbons (Fsp3) is 0.500. The number of hydrogen-bond donors (Lipinski definition) is 1. The van der Waals surface area contributed by atoms with E-state index in [-0.39, 0.29) is 6.42 Å². The molecule has 0 saturated heterocycles. The van der Waals surface area contributed by atoms with Gasteiger partial charge >= 0.3 is 11.9 Å². The average molecular weight is 599 g/mol. The Hall–Kier alpha value is -2.56. The second-order valence-electron chi connectivity index (χ2n) is 11.1. The highest BCUT2D eigenvalue weighted by Gasteiger charge is 2.36. The zero-order chi connectivity index (χ0) is 30.0. The van der Waals surface area contributed by atoms with E-state index in [0.29, 0.717) is 24.3 Å². The number of carbonyl (C=O) groups is 2. The van der Waals surface area contributed by atoms with E-state index in [1.807, 2.05) is 54.6 Å². The van der Waals surface area contributed by atoms with Crippen LogP contribution in [0.15, 0.2) is 54.6 Å². The van der Waals surface area contributed by atoms with E-state index >= 15 is 0 Å². The summed E-state index contributed by atoms with van der Waals surface area (Å²) in [7, 11) is -7.03. The van der Waals surface area contributed by atoms with Gasteiger partial charge in [0.1, 0.15) is 11.5 Å². The Balaban J connectivity index is 2.09. The lowest BCUT2D eigenvalue weighted by molar-refractivity contribution is -0.161. The Kier molecular flexibility index (Phi) is 12.5. The topological polar surface area (TPSA) is 135 Å². The standard InChI is InChI=1S/C28H39O10PS/c1-27(2,3)25(29)34-19-36-39(37-20-35-26(30)28(4,5)6)24(40(31,32)33)17-11-13-21-12-10-16-23(18-21)38-22-14-8-7-9-15-22/h7-10,12,14-16,18,24H,11,13,17,19-20H2,1-6H3,(H,31,32,33). The molecule has 2 aromatic rings. The predicted molar refractivity (Wildman–Crippen MR) is 151 cm³/mol. The Bertz CT molecular complexity index is 1170. The van der Waals surface area contributed by atoms with Gasteiger partial charge in [-0.1, -0.05) is 30.3 Å². The fourth-order valence-electron chi connectivity index (χ4n) is 3.13. The molecule has 10 nitrogen and oxygen atoms in total. The third-order valence-electron chi connectivity index (χ3n) is 5.34. The maximum absolute atomic E-state index is 12.4. The van der Waals surface area contributed by atoms with Gasteiger partial charge in [0.25, 0.3) is 10.1 Å². The molecule has 0 bridgehead atoms. The van der Waals surface area contributed by atoms with Crippen LogP contribution in [0.3, 0.4) is 0 Å². The van der Waals surface area contributed by atoms with E-state index in [0.717, 1.165) is 5.56 Å².